The number of nitrogens with zero attached hydrogens (tertiary/aromatic N) is 5. The van der Waals surface area contributed by atoms with E-state index in [1.807, 2.05) is 60.8 Å². The second-order valence-electron chi connectivity index (χ2n) is 6.93. The number of aromatic nitrogens is 4. The topological polar surface area (TPSA) is 104 Å². The normalized spacial score (nSPS) is 10.8. The molecular weight excluding hydrogens is 420 g/mol. The predicted molar refractivity (Wildman–Crippen MR) is 122 cm³/mol. The van der Waals surface area contributed by atoms with E-state index in [0.29, 0.717) is 25.3 Å². The third-order valence-corrected chi connectivity index (χ3v) is 4.51. The number of hydrazone groups is 1. The van der Waals surface area contributed by atoms with Gasteiger partial charge in [0.15, 0.2) is 0 Å². The van der Waals surface area contributed by atoms with Crippen molar-refractivity contribution in [3.8, 4) is 11.5 Å². The summed E-state index contributed by atoms with van der Waals surface area (Å²) in [5.41, 5.74) is 4.56. The van der Waals surface area contributed by atoms with Gasteiger partial charge in [0.1, 0.15) is 30.4 Å². The molecule has 9 nitrogen and oxygen atoms in total. The quantitative estimate of drug-likeness (QED) is 0.299. The number of carbonyl (C=O) groups excluding carboxylic acids is 1. The minimum Gasteiger partial charge on any atom is -0.492 e. The summed E-state index contributed by atoms with van der Waals surface area (Å²) in [5.74, 6) is 1.22. The fourth-order valence-corrected chi connectivity index (χ4v) is 2.83. The summed E-state index contributed by atoms with van der Waals surface area (Å²) in [5, 5.41) is 12.2. The summed E-state index contributed by atoms with van der Waals surface area (Å²) < 4.78 is 13.2. The van der Waals surface area contributed by atoms with E-state index in [1.54, 1.807) is 35.4 Å². The number of amides is 1. The van der Waals surface area contributed by atoms with Crippen molar-refractivity contribution < 1.29 is 14.3 Å². The lowest BCUT2D eigenvalue weighted by Gasteiger charge is -2.06. The molecule has 166 valence electrons. The van der Waals surface area contributed by atoms with E-state index in [0.717, 1.165) is 22.8 Å². The average Bonchev–Trinajstić information content (AvgIpc) is 3.32. The monoisotopic (exact) mass is 442 g/mol. The minimum absolute atomic E-state index is 0.295. The van der Waals surface area contributed by atoms with Crippen molar-refractivity contribution in [1.29, 1.82) is 0 Å². The van der Waals surface area contributed by atoms with Crippen molar-refractivity contribution in [2.45, 2.75) is 13.2 Å². The predicted octanol–water partition coefficient (Wildman–Crippen LogP) is 3.10. The Hall–Kier alpha value is -4.53. The molecule has 0 aliphatic carbocycles. The molecule has 2 heterocycles. The molecule has 0 radical (unpaired) electrons. The molecule has 2 aromatic heterocycles. The number of benzene rings is 2. The Bertz CT molecular complexity index is 1180. The first-order valence-corrected chi connectivity index (χ1v) is 10.3. The first-order chi connectivity index (χ1) is 16.3. The van der Waals surface area contributed by atoms with Gasteiger partial charge in [-0.25, -0.2) is 10.1 Å². The molecule has 4 aromatic rings. The van der Waals surface area contributed by atoms with E-state index in [-0.39, 0.29) is 5.91 Å². The van der Waals surface area contributed by atoms with Gasteiger partial charge in [0.25, 0.3) is 5.91 Å². The van der Waals surface area contributed by atoms with Crippen molar-refractivity contribution >= 4 is 12.1 Å². The van der Waals surface area contributed by atoms with Gasteiger partial charge in [-0.1, -0.05) is 23.4 Å². The number of pyridine rings is 1. The van der Waals surface area contributed by atoms with Crippen LogP contribution in [0.4, 0.5) is 0 Å². The molecule has 0 aliphatic rings. The number of carbonyl (C=O) groups is 1. The van der Waals surface area contributed by atoms with E-state index in [1.165, 1.54) is 0 Å². The summed E-state index contributed by atoms with van der Waals surface area (Å²) in [7, 11) is 0. The van der Waals surface area contributed by atoms with Crippen LogP contribution in [0.5, 0.6) is 11.5 Å². The third-order valence-electron chi connectivity index (χ3n) is 4.51. The second-order valence-corrected chi connectivity index (χ2v) is 6.93. The minimum atomic E-state index is -0.295. The van der Waals surface area contributed by atoms with E-state index in [9.17, 15) is 4.79 Å². The highest BCUT2D eigenvalue weighted by Crippen LogP contribution is 2.12. The molecular formula is C24H22N6O3. The third kappa shape index (κ3) is 6.73. The Morgan fingerprint density at radius 3 is 2.52 bits per heavy atom. The standard InChI is InChI=1S/C24H22N6O3/c31-24(20-10-12-25-13-11-20)28-26-16-19-6-8-23(9-7-19)32-15-14-30-17-21(27-29-30)18-33-22-4-2-1-3-5-22/h1-13,16-17H,14-15,18H2,(H,28,31)/b26-16+. The zero-order chi connectivity index (χ0) is 22.7. The van der Waals surface area contributed by atoms with E-state index < -0.39 is 0 Å². The van der Waals surface area contributed by atoms with E-state index in [4.69, 9.17) is 9.47 Å². The zero-order valence-electron chi connectivity index (χ0n) is 17.7. The average molecular weight is 442 g/mol. The van der Waals surface area contributed by atoms with Crippen LogP contribution in [-0.4, -0.2) is 38.7 Å². The molecule has 4 rings (SSSR count). The van der Waals surface area contributed by atoms with E-state index >= 15 is 0 Å². The highest BCUT2D eigenvalue weighted by Gasteiger charge is 2.04. The molecule has 0 atom stereocenters. The van der Waals surface area contributed by atoms with Gasteiger partial charge in [-0.2, -0.15) is 5.10 Å². The molecule has 33 heavy (non-hydrogen) atoms. The molecule has 9 heteroatoms. The number of nitrogens with one attached hydrogen (secondary N) is 1. The summed E-state index contributed by atoms with van der Waals surface area (Å²) in [4.78, 5) is 15.8. The van der Waals surface area contributed by atoms with Crippen LogP contribution in [0.1, 0.15) is 21.6 Å². The summed E-state index contributed by atoms with van der Waals surface area (Å²) in [6, 6.07) is 20.2. The number of rotatable bonds is 10. The first kappa shape index (κ1) is 21.7. The molecule has 0 saturated carbocycles. The number of para-hydroxylation sites is 1. The van der Waals surface area contributed by atoms with Crippen molar-refractivity contribution in [1.82, 2.24) is 25.4 Å². The molecule has 2 aromatic carbocycles. The lowest BCUT2D eigenvalue weighted by Crippen LogP contribution is -2.17. The van der Waals surface area contributed by atoms with Crippen molar-refractivity contribution in [3.05, 3.63) is 102 Å². The number of hydrogen-bond donors (Lipinski definition) is 1. The molecule has 1 N–H and O–H groups in total. The van der Waals surface area contributed by atoms with Gasteiger partial charge in [-0.15, -0.1) is 5.10 Å². The molecule has 0 fully saturated rings. The van der Waals surface area contributed by atoms with Crippen molar-refractivity contribution in [2.24, 2.45) is 5.10 Å². The lowest BCUT2D eigenvalue weighted by molar-refractivity contribution is 0.0955. The maximum absolute atomic E-state index is 11.9. The van der Waals surface area contributed by atoms with Gasteiger partial charge in [0.05, 0.1) is 19.0 Å². The molecule has 0 unspecified atom stereocenters. The van der Waals surface area contributed by atoms with Crippen molar-refractivity contribution in [3.63, 3.8) is 0 Å². The first-order valence-electron chi connectivity index (χ1n) is 10.3. The van der Waals surface area contributed by atoms with Gasteiger partial charge in [-0.05, 0) is 54.1 Å². The van der Waals surface area contributed by atoms with Crippen LogP contribution < -0.4 is 14.9 Å². The van der Waals surface area contributed by atoms with Crippen LogP contribution in [-0.2, 0) is 13.2 Å². The number of hydrogen-bond acceptors (Lipinski definition) is 7. The zero-order valence-corrected chi connectivity index (χ0v) is 17.7. The summed E-state index contributed by atoms with van der Waals surface area (Å²) in [6.45, 7) is 1.36. The fraction of sp³-hybridized carbons (Fsp3) is 0.125. The number of ether oxygens (including phenoxy) is 2. The van der Waals surface area contributed by atoms with E-state index in [2.05, 4.69) is 25.8 Å². The van der Waals surface area contributed by atoms with Crippen molar-refractivity contribution in [2.75, 3.05) is 6.61 Å². The largest absolute Gasteiger partial charge is 0.492 e. The smallest absolute Gasteiger partial charge is 0.271 e. The second kappa shape index (κ2) is 11.2. The summed E-state index contributed by atoms with van der Waals surface area (Å²) >= 11 is 0. The molecule has 0 bridgehead atoms. The summed E-state index contributed by atoms with van der Waals surface area (Å²) in [6.07, 6.45) is 6.52. The highest BCUT2D eigenvalue weighted by atomic mass is 16.5. The maximum Gasteiger partial charge on any atom is 0.271 e. The van der Waals surface area contributed by atoms with Gasteiger partial charge < -0.3 is 9.47 Å². The maximum atomic E-state index is 11.9. The van der Waals surface area contributed by atoms with Crippen LogP contribution >= 0.6 is 0 Å². The van der Waals surface area contributed by atoms with Crippen LogP contribution in [0, 0.1) is 0 Å². The fourth-order valence-electron chi connectivity index (χ4n) is 2.83. The van der Waals surface area contributed by atoms with Crippen LogP contribution in [0.15, 0.2) is 90.4 Å². The van der Waals surface area contributed by atoms with Crippen LogP contribution in [0.25, 0.3) is 0 Å². The molecule has 0 saturated heterocycles. The van der Waals surface area contributed by atoms with Gasteiger partial charge >= 0.3 is 0 Å². The lowest BCUT2D eigenvalue weighted by atomic mass is 10.2. The Kier molecular flexibility index (Phi) is 7.36. The Labute approximate surface area is 190 Å². The highest BCUT2D eigenvalue weighted by molar-refractivity contribution is 5.94. The molecule has 1 amide bonds. The van der Waals surface area contributed by atoms with Crippen LogP contribution in [0.2, 0.25) is 0 Å². The van der Waals surface area contributed by atoms with Crippen LogP contribution in [0.3, 0.4) is 0 Å². The Balaban J connectivity index is 1.18. The van der Waals surface area contributed by atoms with Gasteiger partial charge in [-0.3, -0.25) is 9.78 Å². The SMILES string of the molecule is O=C(N/N=C/c1ccc(OCCn2cc(COc3ccccc3)nn2)cc1)c1ccncc1. The van der Waals surface area contributed by atoms with Gasteiger partial charge in [0, 0.05) is 18.0 Å². The Morgan fingerprint density at radius 2 is 1.73 bits per heavy atom. The molecule has 0 aliphatic heterocycles. The Morgan fingerprint density at radius 1 is 0.970 bits per heavy atom. The van der Waals surface area contributed by atoms with Gasteiger partial charge in [0.2, 0.25) is 0 Å². The molecule has 0 spiro atoms.